The molecule has 0 amide bonds. The minimum Gasteiger partial charge on any atom is -0.299 e. The Balaban J connectivity index is 1.42. The smallest absolute Gasteiger partial charge is 0.133 e. The van der Waals surface area contributed by atoms with E-state index in [4.69, 9.17) is 28.2 Å². The molecule has 0 radical (unpaired) electrons. The van der Waals surface area contributed by atoms with Crippen molar-refractivity contribution in [3.63, 3.8) is 0 Å². The average molecular weight is 378 g/mol. The Labute approximate surface area is 155 Å². The van der Waals surface area contributed by atoms with Crippen molar-refractivity contribution in [3.8, 4) is 0 Å². The molecule has 1 aromatic carbocycles. The van der Waals surface area contributed by atoms with Crippen LogP contribution in [0.3, 0.4) is 0 Å². The van der Waals surface area contributed by atoms with Gasteiger partial charge in [0.25, 0.3) is 0 Å². The molecule has 0 saturated carbocycles. The van der Waals surface area contributed by atoms with Crippen molar-refractivity contribution in [2.24, 2.45) is 0 Å². The van der Waals surface area contributed by atoms with E-state index in [1.807, 2.05) is 18.2 Å². The zero-order valence-corrected chi connectivity index (χ0v) is 15.4. The Morgan fingerprint density at radius 3 is 2.79 bits per heavy atom. The van der Waals surface area contributed by atoms with E-state index in [-0.39, 0.29) is 0 Å². The molecule has 3 heterocycles. The lowest BCUT2D eigenvalue weighted by Crippen LogP contribution is -2.32. The van der Waals surface area contributed by atoms with Crippen LogP contribution in [-0.2, 0) is 6.54 Å². The number of aromatic nitrogens is 2. The van der Waals surface area contributed by atoms with Gasteiger partial charge in [0.05, 0.1) is 15.2 Å². The van der Waals surface area contributed by atoms with Gasteiger partial charge in [-0.25, -0.2) is 9.97 Å². The monoisotopic (exact) mass is 377 g/mol. The van der Waals surface area contributed by atoms with E-state index in [0.717, 1.165) is 48.6 Å². The Hall–Kier alpha value is -1.20. The van der Waals surface area contributed by atoms with Crippen LogP contribution in [0.1, 0.15) is 29.3 Å². The van der Waals surface area contributed by atoms with Crippen LogP contribution in [0.15, 0.2) is 36.5 Å². The average Bonchev–Trinajstić information content (AvgIpc) is 3.01. The zero-order chi connectivity index (χ0) is 16.5. The van der Waals surface area contributed by atoms with Crippen LogP contribution in [0.4, 0.5) is 0 Å². The van der Waals surface area contributed by atoms with Gasteiger partial charge in [-0.15, -0.1) is 11.3 Å². The number of thiazole rings is 1. The van der Waals surface area contributed by atoms with Gasteiger partial charge in [-0.1, -0.05) is 29.3 Å². The van der Waals surface area contributed by atoms with E-state index < -0.39 is 0 Å². The van der Waals surface area contributed by atoms with Gasteiger partial charge >= 0.3 is 0 Å². The molecular formula is C18H17Cl2N3S. The molecule has 0 atom stereocenters. The first-order valence-electron chi connectivity index (χ1n) is 8.07. The molecule has 1 fully saturated rings. The summed E-state index contributed by atoms with van der Waals surface area (Å²) in [5.74, 6) is 0.543. The SMILES string of the molecule is Clc1ccc2sc(C3CCN(Cc4cccnc4Cl)CC3)nc2c1. The number of piperidine rings is 1. The third-order valence-electron chi connectivity index (χ3n) is 4.53. The second kappa shape index (κ2) is 6.96. The summed E-state index contributed by atoms with van der Waals surface area (Å²) in [4.78, 5) is 11.4. The predicted octanol–water partition coefficient (Wildman–Crippen LogP) is 5.38. The molecule has 3 aromatic rings. The fraction of sp³-hybridized carbons (Fsp3) is 0.333. The van der Waals surface area contributed by atoms with Crippen LogP contribution < -0.4 is 0 Å². The van der Waals surface area contributed by atoms with Crippen LogP contribution in [0.5, 0.6) is 0 Å². The lowest BCUT2D eigenvalue weighted by atomic mass is 9.97. The predicted molar refractivity (Wildman–Crippen MR) is 101 cm³/mol. The van der Waals surface area contributed by atoms with Gasteiger partial charge in [0.2, 0.25) is 0 Å². The molecule has 24 heavy (non-hydrogen) atoms. The molecule has 6 heteroatoms. The molecule has 0 bridgehead atoms. The molecule has 0 spiro atoms. The fourth-order valence-corrected chi connectivity index (χ4v) is 4.67. The number of rotatable bonds is 3. The van der Waals surface area contributed by atoms with E-state index in [0.29, 0.717) is 11.1 Å². The number of halogens is 2. The highest BCUT2D eigenvalue weighted by molar-refractivity contribution is 7.18. The van der Waals surface area contributed by atoms with Gasteiger partial charge in [-0.2, -0.15) is 0 Å². The van der Waals surface area contributed by atoms with Crippen molar-refractivity contribution in [1.82, 2.24) is 14.9 Å². The summed E-state index contributed by atoms with van der Waals surface area (Å²) in [6, 6.07) is 9.96. The summed E-state index contributed by atoms with van der Waals surface area (Å²) >= 11 is 14.0. The lowest BCUT2D eigenvalue weighted by molar-refractivity contribution is 0.204. The highest BCUT2D eigenvalue weighted by atomic mass is 35.5. The molecule has 4 rings (SSSR count). The summed E-state index contributed by atoms with van der Waals surface area (Å²) in [5.41, 5.74) is 2.12. The normalized spacial score (nSPS) is 16.8. The van der Waals surface area contributed by atoms with E-state index in [9.17, 15) is 0 Å². The Morgan fingerprint density at radius 2 is 2.00 bits per heavy atom. The first-order chi connectivity index (χ1) is 11.7. The summed E-state index contributed by atoms with van der Waals surface area (Å²) in [5, 5.41) is 2.61. The Kier molecular flexibility index (Phi) is 4.72. The number of nitrogens with zero attached hydrogens (tertiary/aromatic N) is 3. The minimum atomic E-state index is 0.543. The largest absolute Gasteiger partial charge is 0.299 e. The minimum absolute atomic E-state index is 0.543. The van der Waals surface area contributed by atoms with Gasteiger partial charge in [-0.3, -0.25) is 4.90 Å². The molecular weight excluding hydrogens is 361 g/mol. The van der Waals surface area contributed by atoms with Crippen molar-refractivity contribution >= 4 is 44.8 Å². The topological polar surface area (TPSA) is 29.0 Å². The molecule has 1 aliphatic rings. The number of benzene rings is 1. The molecule has 1 saturated heterocycles. The van der Waals surface area contributed by atoms with Crippen LogP contribution >= 0.6 is 34.5 Å². The molecule has 0 unspecified atom stereocenters. The van der Waals surface area contributed by atoms with Crippen LogP contribution in [-0.4, -0.2) is 28.0 Å². The zero-order valence-electron chi connectivity index (χ0n) is 13.1. The molecule has 3 nitrogen and oxygen atoms in total. The first kappa shape index (κ1) is 16.3. The van der Waals surface area contributed by atoms with Crippen molar-refractivity contribution < 1.29 is 0 Å². The number of hydrogen-bond donors (Lipinski definition) is 0. The summed E-state index contributed by atoms with van der Waals surface area (Å²) < 4.78 is 1.22. The van der Waals surface area contributed by atoms with Crippen molar-refractivity contribution in [1.29, 1.82) is 0 Å². The maximum absolute atomic E-state index is 6.17. The highest BCUT2D eigenvalue weighted by Gasteiger charge is 2.23. The molecule has 2 aromatic heterocycles. The quantitative estimate of drug-likeness (QED) is 0.573. The van der Waals surface area contributed by atoms with Gasteiger partial charge in [0.15, 0.2) is 0 Å². The molecule has 0 N–H and O–H groups in total. The van der Waals surface area contributed by atoms with Gasteiger partial charge in [0, 0.05) is 29.2 Å². The standard InChI is InChI=1S/C18H17Cl2N3S/c19-14-3-4-16-15(10-14)22-18(24-16)12-5-8-23(9-6-12)11-13-2-1-7-21-17(13)20/h1-4,7,10,12H,5-6,8-9,11H2. The number of fused-ring (bicyclic) bond motifs is 1. The van der Waals surface area contributed by atoms with Crippen molar-refractivity contribution in [2.45, 2.75) is 25.3 Å². The number of pyridine rings is 1. The molecule has 0 aliphatic carbocycles. The second-order valence-electron chi connectivity index (χ2n) is 6.17. The fourth-order valence-electron chi connectivity index (χ4n) is 3.21. The van der Waals surface area contributed by atoms with Crippen LogP contribution in [0.25, 0.3) is 10.2 Å². The van der Waals surface area contributed by atoms with E-state index in [1.165, 1.54) is 9.71 Å². The Morgan fingerprint density at radius 1 is 1.17 bits per heavy atom. The maximum Gasteiger partial charge on any atom is 0.133 e. The van der Waals surface area contributed by atoms with Crippen LogP contribution in [0, 0.1) is 0 Å². The van der Waals surface area contributed by atoms with Gasteiger partial charge in [-0.05, 0) is 50.2 Å². The lowest BCUT2D eigenvalue weighted by Gasteiger charge is -2.31. The van der Waals surface area contributed by atoms with Gasteiger partial charge < -0.3 is 0 Å². The number of likely N-dealkylation sites (tertiary alicyclic amines) is 1. The highest BCUT2D eigenvalue weighted by Crippen LogP contribution is 2.35. The van der Waals surface area contributed by atoms with E-state index in [2.05, 4.69) is 22.0 Å². The first-order valence-corrected chi connectivity index (χ1v) is 9.64. The van der Waals surface area contributed by atoms with Crippen molar-refractivity contribution in [2.75, 3.05) is 13.1 Å². The van der Waals surface area contributed by atoms with E-state index >= 15 is 0 Å². The summed E-state index contributed by atoms with van der Waals surface area (Å²) in [6.07, 6.45) is 3.99. The van der Waals surface area contributed by atoms with Gasteiger partial charge in [0.1, 0.15) is 5.15 Å². The second-order valence-corrected chi connectivity index (χ2v) is 8.02. The van der Waals surface area contributed by atoms with Crippen molar-refractivity contribution in [3.05, 3.63) is 57.3 Å². The third-order valence-corrected chi connectivity index (χ3v) is 6.31. The Bertz CT molecular complexity index is 856. The third kappa shape index (κ3) is 3.42. The molecule has 124 valence electrons. The van der Waals surface area contributed by atoms with E-state index in [1.54, 1.807) is 17.5 Å². The summed E-state index contributed by atoms with van der Waals surface area (Å²) in [6.45, 7) is 2.99. The molecule has 1 aliphatic heterocycles. The summed E-state index contributed by atoms with van der Waals surface area (Å²) in [7, 11) is 0. The van der Waals surface area contributed by atoms with Crippen LogP contribution in [0.2, 0.25) is 10.2 Å². The maximum atomic E-state index is 6.17. The number of hydrogen-bond acceptors (Lipinski definition) is 4.